The molecule has 0 radical (unpaired) electrons. The number of nitrogens with zero attached hydrogens (tertiary/aromatic N) is 1. The molecule has 0 saturated carbocycles. The molecule has 0 aliphatic heterocycles. The summed E-state index contributed by atoms with van der Waals surface area (Å²) in [5.74, 6) is 0.254. The highest BCUT2D eigenvalue weighted by atomic mass is 16.5. The Balaban J connectivity index is 2.15. The molecule has 0 spiro atoms. The number of benzene rings is 2. The molecule has 138 valence electrons. The predicted octanol–water partition coefficient (Wildman–Crippen LogP) is 2.93. The summed E-state index contributed by atoms with van der Waals surface area (Å²) in [4.78, 5) is 26.7. The van der Waals surface area contributed by atoms with Crippen molar-refractivity contribution in [1.29, 1.82) is 0 Å². The minimum atomic E-state index is -0.534. The fourth-order valence-corrected chi connectivity index (χ4v) is 2.80. The third kappa shape index (κ3) is 5.34. The molecule has 0 heterocycles. The first-order valence-corrected chi connectivity index (χ1v) is 8.79. The van der Waals surface area contributed by atoms with E-state index in [0.717, 1.165) is 11.1 Å². The maximum Gasteiger partial charge on any atom is 0.261 e. The average Bonchev–Trinajstić information content (AvgIpc) is 2.66. The zero-order chi connectivity index (χ0) is 18.9. The van der Waals surface area contributed by atoms with Gasteiger partial charge in [0.2, 0.25) is 5.91 Å². The highest BCUT2D eigenvalue weighted by Gasteiger charge is 2.28. The first kappa shape index (κ1) is 19.5. The van der Waals surface area contributed by atoms with Gasteiger partial charge >= 0.3 is 0 Å². The van der Waals surface area contributed by atoms with Crippen molar-refractivity contribution in [1.82, 2.24) is 10.2 Å². The number of nitrogens with one attached hydrogen (secondary N) is 1. The van der Waals surface area contributed by atoms with Crippen LogP contribution in [-0.2, 0) is 16.1 Å². The largest absolute Gasteiger partial charge is 0.484 e. The summed E-state index contributed by atoms with van der Waals surface area (Å²) in [6, 6.07) is 16.7. The number of ether oxygens (including phenoxy) is 1. The predicted molar refractivity (Wildman–Crippen MR) is 102 cm³/mol. The Morgan fingerprint density at radius 2 is 1.85 bits per heavy atom. The molecule has 5 heteroatoms. The van der Waals surface area contributed by atoms with Gasteiger partial charge in [0, 0.05) is 13.6 Å². The Hall–Kier alpha value is -2.82. The summed E-state index contributed by atoms with van der Waals surface area (Å²) in [5.41, 5.74) is 2.03. The van der Waals surface area contributed by atoms with Crippen molar-refractivity contribution < 1.29 is 14.3 Å². The van der Waals surface area contributed by atoms with Crippen molar-refractivity contribution in [3.05, 3.63) is 65.7 Å². The van der Waals surface area contributed by atoms with Crippen LogP contribution in [0.3, 0.4) is 0 Å². The Morgan fingerprint density at radius 3 is 2.46 bits per heavy atom. The lowest BCUT2D eigenvalue weighted by Gasteiger charge is -2.30. The van der Waals surface area contributed by atoms with Gasteiger partial charge in [0.25, 0.3) is 5.91 Å². The van der Waals surface area contributed by atoms with Crippen LogP contribution in [0.15, 0.2) is 54.6 Å². The van der Waals surface area contributed by atoms with Gasteiger partial charge in [-0.2, -0.15) is 0 Å². The van der Waals surface area contributed by atoms with E-state index in [1.54, 1.807) is 11.9 Å². The van der Waals surface area contributed by atoms with Crippen molar-refractivity contribution in [2.45, 2.75) is 32.9 Å². The third-order valence-corrected chi connectivity index (χ3v) is 4.18. The van der Waals surface area contributed by atoms with E-state index < -0.39 is 6.04 Å². The topological polar surface area (TPSA) is 58.6 Å². The fraction of sp³-hybridized carbons (Fsp3) is 0.333. The minimum absolute atomic E-state index is 0.107. The molecule has 1 atom stereocenters. The zero-order valence-electron chi connectivity index (χ0n) is 15.6. The van der Waals surface area contributed by atoms with E-state index in [0.29, 0.717) is 18.7 Å². The quantitative estimate of drug-likeness (QED) is 0.793. The lowest BCUT2D eigenvalue weighted by molar-refractivity contribution is -0.142. The van der Waals surface area contributed by atoms with Gasteiger partial charge in [-0.25, -0.2) is 0 Å². The number of carbonyl (C=O) groups excluding carboxylic acids is 2. The minimum Gasteiger partial charge on any atom is -0.484 e. The van der Waals surface area contributed by atoms with Gasteiger partial charge in [-0.15, -0.1) is 0 Å². The number of hydrogen-bond acceptors (Lipinski definition) is 3. The van der Waals surface area contributed by atoms with Crippen LogP contribution < -0.4 is 10.1 Å². The molecule has 2 aromatic carbocycles. The lowest BCUT2D eigenvalue weighted by atomic mass is 10.1. The zero-order valence-corrected chi connectivity index (χ0v) is 15.6. The van der Waals surface area contributed by atoms with E-state index >= 15 is 0 Å². The standard InChI is InChI=1S/C21H26N2O3/c1-4-19(21(25)22-3)23(14-17-10-6-5-7-11-17)20(24)15-26-18-12-8-9-16(2)13-18/h5-13,19H,4,14-15H2,1-3H3,(H,22,25). The summed E-state index contributed by atoms with van der Waals surface area (Å²) in [5, 5.41) is 2.64. The maximum atomic E-state index is 12.8. The van der Waals surface area contributed by atoms with Gasteiger partial charge in [-0.3, -0.25) is 9.59 Å². The molecule has 0 aliphatic rings. The molecule has 26 heavy (non-hydrogen) atoms. The molecule has 0 aliphatic carbocycles. The Kier molecular flexibility index (Phi) is 7.21. The second-order valence-corrected chi connectivity index (χ2v) is 6.15. The van der Waals surface area contributed by atoms with Crippen LogP contribution in [0.2, 0.25) is 0 Å². The molecule has 0 bridgehead atoms. The molecule has 0 fully saturated rings. The monoisotopic (exact) mass is 354 g/mol. The molecule has 2 rings (SSSR count). The fourth-order valence-electron chi connectivity index (χ4n) is 2.80. The smallest absolute Gasteiger partial charge is 0.261 e. The van der Waals surface area contributed by atoms with E-state index in [1.807, 2.05) is 68.4 Å². The highest BCUT2D eigenvalue weighted by molar-refractivity contribution is 5.88. The summed E-state index contributed by atoms with van der Waals surface area (Å²) >= 11 is 0. The number of rotatable bonds is 8. The van der Waals surface area contributed by atoms with Crippen molar-refractivity contribution >= 4 is 11.8 Å². The van der Waals surface area contributed by atoms with Gasteiger partial charge in [0.05, 0.1) is 0 Å². The second kappa shape index (κ2) is 9.61. The molecule has 1 unspecified atom stereocenters. The Bertz CT molecular complexity index is 731. The van der Waals surface area contributed by atoms with Crippen molar-refractivity contribution in [2.24, 2.45) is 0 Å². The highest BCUT2D eigenvalue weighted by Crippen LogP contribution is 2.15. The van der Waals surface area contributed by atoms with Crippen LogP contribution in [0.4, 0.5) is 0 Å². The van der Waals surface area contributed by atoms with Crippen LogP contribution in [0.1, 0.15) is 24.5 Å². The van der Waals surface area contributed by atoms with Gasteiger partial charge in [-0.1, -0.05) is 49.4 Å². The van der Waals surface area contributed by atoms with Crippen LogP contribution in [0.25, 0.3) is 0 Å². The molecular weight excluding hydrogens is 328 g/mol. The van der Waals surface area contributed by atoms with Gasteiger partial charge < -0.3 is 15.0 Å². The first-order valence-electron chi connectivity index (χ1n) is 8.79. The van der Waals surface area contributed by atoms with Gasteiger partial charge in [0.15, 0.2) is 6.61 Å². The first-order chi connectivity index (χ1) is 12.5. The second-order valence-electron chi connectivity index (χ2n) is 6.15. The molecule has 0 aromatic heterocycles. The third-order valence-electron chi connectivity index (χ3n) is 4.18. The van der Waals surface area contributed by atoms with Gasteiger partial charge in [-0.05, 0) is 36.6 Å². The average molecular weight is 354 g/mol. The van der Waals surface area contributed by atoms with Crippen molar-refractivity contribution in [3.63, 3.8) is 0 Å². The van der Waals surface area contributed by atoms with Crippen LogP contribution in [0.5, 0.6) is 5.75 Å². The Morgan fingerprint density at radius 1 is 1.12 bits per heavy atom. The summed E-state index contributed by atoms with van der Waals surface area (Å²) < 4.78 is 5.65. The van der Waals surface area contributed by atoms with Crippen LogP contribution in [0, 0.1) is 6.92 Å². The molecule has 0 saturated heterocycles. The number of aryl methyl sites for hydroxylation is 1. The number of hydrogen-bond donors (Lipinski definition) is 1. The van der Waals surface area contributed by atoms with E-state index in [9.17, 15) is 9.59 Å². The normalized spacial score (nSPS) is 11.5. The lowest BCUT2D eigenvalue weighted by Crippen LogP contribution is -2.49. The van der Waals surface area contributed by atoms with Gasteiger partial charge in [0.1, 0.15) is 11.8 Å². The van der Waals surface area contributed by atoms with Crippen LogP contribution in [-0.4, -0.2) is 36.4 Å². The summed E-state index contributed by atoms with van der Waals surface area (Å²) in [6.07, 6.45) is 0.530. The number of likely N-dealkylation sites (N-methyl/N-ethyl adjacent to an activating group) is 1. The van der Waals surface area contributed by atoms with E-state index in [1.165, 1.54) is 0 Å². The molecule has 2 aromatic rings. The molecule has 2 amide bonds. The molecule has 5 nitrogen and oxygen atoms in total. The summed E-state index contributed by atoms with van der Waals surface area (Å²) in [6.45, 7) is 4.12. The molecule has 1 N–H and O–H groups in total. The van der Waals surface area contributed by atoms with Crippen molar-refractivity contribution in [2.75, 3.05) is 13.7 Å². The van der Waals surface area contributed by atoms with E-state index in [4.69, 9.17) is 4.74 Å². The van der Waals surface area contributed by atoms with E-state index in [-0.39, 0.29) is 18.4 Å². The number of carbonyl (C=O) groups is 2. The maximum absolute atomic E-state index is 12.8. The Labute approximate surface area is 155 Å². The number of amides is 2. The van der Waals surface area contributed by atoms with Crippen LogP contribution >= 0.6 is 0 Å². The molecular formula is C21H26N2O3. The van der Waals surface area contributed by atoms with Crippen molar-refractivity contribution in [3.8, 4) is 5.75 Å². The van der Waals surface area contributed by atoms with E-state index in [2.05, 4.69) is 5.32 Å². The SMILES string of the molecule is CCC(C(=O)NC)N(Cc1ccccc1)C(=O)COc1cccc(C)c1. The summed E-state index contributed by atoms with van der Waals surface area (Å²) in [7, 11) is 1.58.